The molecular weight excluding hydrogens is 290 g/mol. The van der Waals surface area contributed by atoms with Crippen LogP contribution in [0, 0.1) is 5.92 Å². The number of thioether (sulfide) groups is 1. The molecule has 0 radical (unpaired) electrons. The standard InChI is InChI=1S/C14H27N3O3S/c1-17-8-4-11(5-9-17)3-7-15-14(20)16-12(13(18)19)6-10-21-2/h11-12H,3-10H2,1-2H3,(H,18,19)(H2,15,16,20)/t12-/m0/s1. The van der Waals surface area contributed by atoms with Crippen molar-refractivity contribution in [1.29, 1.82) is 0 Å². The topological polar surface area (TPSA) is 81.7 Å². The highest BCUT2D eigenvalue weighted by Crippen LogP contribution is 2.18. The summed E-state index contributed by atoms with van der Waals surface area (Å²) in [6, 6.07) is -1.18. The Balaban J connectivity index is 2.18. The Morgan fingerprint density at radius 3 is 2.62 bits per heavy atom. The van der Waals surface area contributed by atoms with E-state index in [-0.39, 0.29) is 6.03 Å². The van der Waals surface area contributed by atoms with E-state index < -0.39 is 12.0 Å². The molecule has 3 N–H and O–H groups in total. The summed E-state index contributed by atoms with van der Waals surface area (Å²) in [4.78, 5) is 25.1. The highest BCUT2D eigenvalue weighted by molar-refractivity contribution is 7.98. The zero-order chi connectivity index (χ0) is 15.7. The van der Waals surface area contributed by atoms with Crippen LogP contribution in [0.5, 0.6) is 0 Å². The predicted molar refractivity (Wildman–Crippen MR) is 85.8 cm³/mol. The molecule has 6 nitrogen and oxygen atoms in total. The van der Waals surface area contributed by atoms with E-state index in [2.05, 4.69) is 22.6 Å². The summed E-state index contributed by atoms with van der Waals surface area (Å²) >= 11 is 1.57. The maximum atomic E-state index is 11.7. The summed E-state index contributed by atoms with van der Waals surface area (Å²) in [5.41, 5.74) is 0. The molecule has 0 aromatic heterocycles. The quantitative estimate of drug-likeness (QED) is 0.627. The molecule has 1 aliphatic heterocycles. The molecular formula is C14H27N3O3S. The lowest BCUT2D eigenvalue weighted by atomic mass is 9.94. The second kappa shape index (κ2) is 9.89. The first kappa shape index (κ1) is 18.1. The number of piperidine rings is 1. The number of hydrogen-bond acceptors (Lipinski definition) is 4. The molecule has 2 amide bonds. The molecule has 0 saturated carbocycles. The maximum Gasteiger partial charge on any atom is 0.326 e. The first-order valence-electron chi connectivity index (χ1n) is 7.47. The third kappa shape index (κ3) is 7.57. The van der Waals surface area contributed by atoms with Crippen molar-refractivity contribution >= 4 is 23.8 Å². The Kier molecular flexibility index (Phi) is 8.52. The number of carboxylic acid groups (broad SMARTS) is 1. The van der Waals surface area contributed by atoms with Crippen molar-refractivity contribution in [3.8, 4) is 0 Å². The van der Waals surface area contributed by atoms with Crippen LogP contribution in [-0.2, 0) is 4.79 Å². The monoisotopic (exact) mass is 317 g/mol. The van der Waals surface area contributed by atoms with Crippen LogP contribution >= 0.6 is 11.8 Å². The van der Waals surface area contributed by atoms with Crippen molar-refractivity contribution in [3.05, 3.63) is 0 Å². The minimum Gasteiger partial charge on any atom is -0.480 e. The van der Waals surface area contributed by atoms with Crippen molar-refractivity contribution in [2.24, 2.45) is 5.92 Å². The van der Waals surface area contributed by atoms with Gasteiger partial charge in [0.05, 0.1) is 0 Å². The number of rotatable bonds is 8. The number of nitrogens with one attached hydrogen (secondary N) is 2. The minimum absolute atomic E-state index is 0.378. The van der Waals surface area contributed by atoms with Crippen LogP contribution in [0.3, 0.4) is 0 Å². The van der Waals surface area contributed by atoms with E-state index in [4.69, 9.17) is 5.11 Å². The summed E-state index contributed by atoms with van der Waals surface area (Å²) in [5, 5.41) is 14.3. The van der Waals surface area contributed by atoms with E-state index in [1.807, 2.05) is 6.26 Å². The summed E-state index contributed by atoms with van der Waals surface area (Å²) in [5.74, 6) is 0.398. The molecule has 1 heterocycles. The molecule has 0 bridgehead atoms. The highest BCUT2D eigenvalue weighted by atomic mass is 32.2. The fraction of sp³-hybridized carbons (Fsp3) is 0.857. The largest absolute Gasteiger partial charge is 0.480 e. The average Bonchev–Trinajstić information content (AvgIpc) is 2.45. The van der Waals surface area contributed by atoms with E-state index in [1.165, 1.54) is 12.8 Å². The predicted octanol–water partition coefficient (Wildman–Crippen LogP) is 1.22. The van der Waals surface area contributed by atoms with Gasteiger partial charge in [0.25, 0.3) is 0 Å². The van der Waals surface area contributed by atoms with E-state index in [0.29, 0.717) is 24.6 Å². The van der Waals surface area contributed by atoms with E-state index >= 15 is 0 Å². The van der Waals surface area contributed by atoms with Gasteiger partial charge in [-0.1, -0.05) is 0 Å². The lowest BCUT2D eigenvalue weighted by Gasteiger charge is -2.28. The normalized spacial score (nSPS) is 18.2. The van der Waals surface area contributed by atoms with Gasteiger partial charge >= 0.3 is 12.0 Å². The SMILES string of the molecule is CSCC[C@H](NC(=O)NCCC1CCN(C)CC1)C(=O)O. The van der Waals surface area contributed by atoms with Gasteiger partial charge in [-0.15, -0.1) is 0 Å². The number of likely N-dealkylation sites (tertiary alicyclic amines) is 1. The molecule has 1 aliphatic rings. The van der Waals surface area contributed by atoms with E-state index in [9.17, 15) is 9.59 Å². The van der Waals surface area contributed by atoms with Gasteiger partial charge in [0, 0.05) is 6.54 Å². The smallest absolute Gasteiger partial charge is 0.326 e. The van der Waals surface area contributed by atoms with Gasteiger partial charge in [0.1, 0.15) is 6.04 Å². The number of carboxylic acids is 1. The van der Waals surface area contributed by atoms with Gasteiger partial charge in [-0.25, -0.2) is 9.59 Å². The van der Waals surface area contributed by atoms with Crippen LogP contribution < -0.4 is 10.6 Å². The van der Waals surface area contributed by atoms with Gasteiger partial charge < -0.3 is 20.6 Å². The lowest BCUT2D eigenvalue weighted by molar-refractivity contribution is -0.139. The number of hydrogen-bond donors (Lipinski definition) is 3. The van der Waals surface area contributed by atoms with Gasteiger partial charge in [0.15, 0.2) is 0 Å². The Morgan fingerprint density at radius 1 is 1.38 bits per heavy atom. The molecule has 1 saturated heterocycles. The molecule has 0 aliphatic carbocycles. The molecule has 21 heavy (non-hydrogen) atoms. The number of amides is 2. The van der Waals surface area contributed by atoms with Crippen molar-refractivity contribution in [2.75, 3.05) is 38.7 Å². The molecule has 122 valence electrons. The first-order chi connectivity index (χ1) is 10.0. The van der Waals surface area contributed by atoms with Crippen LogP contribution in [0.15, 0.2) is 0 Å². The van der Waals surface area contributed by atoms with Gasteiger partial charge in [0.2, 0.25) is 0 Å². The fourth-order valence-corrected chi connectivity index (χ4v) is 2.91. The first-order valence-corrected chi connectivity index (χ1v) is 8.87. The minimum atomic E-state index is -0.977. The second-order valence-corrected chi connectivity index (χ2v) is 6.59. The summed E-state index contributed by atoms with van der Waals surface area (Å²) in [6.45, 7) is 2.84. The number of carbonyl (C=O) groups excluding carboxylic acids is 1. The van der Waals surface area contributed by atoms with Crippen molar-refractivity contribution in [3.63, 3.8) is 0 Å². The number of nitrogens with zero attached hydrogens (tertiary/aromatic N) is 1. The molecule has 0 aromatic rings. The lowest BCUT2D eigenvalue weighted by Crippen LogP contribution is -2.46. The molecule has 0 unspecified atom stereocenters. The summed E-state index contributed by atoms with van der Waals surface area (Å²) in [7, 11) is 2.13. The highest BCUT2D eigenvalue weighted by Gasteiger charge is 2.20. The molecule has 7 heteroatoms. The van der Waals surface area contributed by atoms with E-state index in [0.717, 1.165) is 19.5 Å². The number of urea groups is 1. The Bertz CT molecular complexity index is 333. The molecule has 0 spiro atoms. The maximum absolute atomic E-state index is 11.7. The summed E-state index contributed by atoms with van der Waals surface area (Å²) in [6.07, 6.45) is 5.67. The molecule has 1 fully saturated rings. The Morgan fingerprint density at radius 2 is 2.05 bits per heavy atom. The van der Waals surface area contributed by atoms with Crippen LogP contribution in [-0.4, -0.2) is 66.7 Å². The van der Waals surface area contributed by atoms with Crippen LogP contribution in [0.25, 0.3) is 0 Å². The van der Waals surface area contributed by atoms with Crippen molar-refractivity contribution in [1.82, 2.24) is 15.5 Å². The van der Waals surface area contributed by atoms with Gasteiger partial charge in [-0.3, -0.25) is 0 Å². The third-order valence-corrected chi connectivity index (χ3v) is 4.53. The van der Waals surface area contributed by atoms with Crippen LogP contribution in [0.4, 0.5) is 4.79 Å². The average molecular weight is 317 g/mol. The zero-order valence-electron chi connectivity index (χ0n) is 12.9. The number of aliphatic carboxylic acids is 1. The van der Waals surface area contributed by atoms with Crippen molar-refractivity contribution in [2.45, 2.75) is 31.7 Å². The second-order valence-electron chi connectivity index (χ2n) is 5.61. The van der Waals surface area contributed by atoms with E-state index in [1.54, 1.807) is 11.8 Å². The Hall–Kier alpha value is -0.950. The number of carbonyl (C=O) groups is 2. The van der Waals surface area contributed by atoms with Gasteiger partial charge in [-0.05, 0) is 63.7 Å². The molecule has 0 aromatic carbocycles. The van der Waals surface area contributed by atoms with Crippen LogP contribution in [0.1, 0.15) is 25.7 Å². The fourth-order valence-electron chi connectivity index (χ4n) is 2.44. The van der Waals surface area contributed by atoms with Crippen molar-refractivity contribution < 1.29 is 14.7 Å². The zero-order valence-corrected chi connectivity index (χ0v) is 13.7. The Labute approximate surface area is 131 Å². The molecule has 1 atom stereocenters. The van der Waals surface area contributed by atoms with Crippen LogP contribution in [0.2, 0.25) is 0 Å². The van der Waals surface area contributed by atoms with Gasteiger partial charge in [-0.2, -0.15) is 11.8 Å². The molecule has 1 rings (SSSR count). The third-order valence-electron chi connectivity index (χ3n) is 3.89. The summed E-state index contributed by atoms with van der Waals surface area (Å²) < 4.78 is 0.